The lowest BCUT2D eigenvalue weighted by Gasteiger charge is -2.10. The minimum atomic E-state index is -0.203. The van der Waals surface area contributed by atoms with Gasteiger partial charge in [-0.2, -0.15) is 0 Å². The molecule has 0 saturated carbocycles. The molecular weight excluding hydrogens is 308 g/mol. The molecule has 2 amide bonds. The Morgan fingerprint density at radius 3 is 2.04 bits per heavy atom. The number of carbonyl (C=O) groups excluding carboxylic acids is 2. The highest BCUT2D eigenvalue weighted by Crippen LogP contribution is 2.22. The molecule has 0 heterocycles. The molecule has 0 unspecified atom stereocenters. The second-order valence-corrected chi connectivity index (χ2v) is 5.16. The van der Waals surface area contributed by atoms with E-state index in [0.29, 0.717) is 29.3 Å². The second kappa shape index (κ2) is 8.01. The van der Waals surface area contributed by atoms with Gasteiger partial charge in [-0.3, -0.25) is 9.59 Å². The molecule has 0 bridgehead atoms. The van der Waals surface area contributed by atoms with Crippen LogP contribution in [0.1, 0.15) is 22.8 Å². The molecule has 24 heavy (non-hydrogen) atoms. The fraction of sp³-hybridized carbons (Fsp3) is 0.222. The number of ether oxygens (including phenoxy) is 2. The highest BCUT2D eigenvalue weighted by atomic mass is 16.5. The van der Waals surface area contributed by atoms with Gasteiger partial charge in [-0.25, -0.2) is 0 Å². The van der Waals surface area contributed by atoms with Crippen molar-refractivity contribution in [3.05, 3.63) is 53.6 Å². The fourth-order valence-electron chi connectivity index (χ4n) is 2.16. The van der Waals surface area contributed by atoms with Crippen LogP contribution in [0.4, 0.5) is 5.69 Å². The van der Waals surface area contributed by atoms with E-state index in [0.717, 1.165) is 5.56 Å². The molecule has 2 rings (SSSR count). The van der Waals surface area contributed by atoms with E-state index in [1.165, 1.54) is 6.92 Å². The number of rotatable bonds is 6. The maximum Gasteiger partial charge on any atom is 0.251 e. The lowest BCUT2D eigenvalue weighted by Crippen LogP contribution is -2.22. The quantitative estimate of drug-likeness (QED) is 0.854. The molecule has 2 aromatic rings. The van der Waals surface area contributed by atoms with Crippen LogP contribution in [-0.4, -0.2) is 26.0 Å². The number of nitrogens with one attached hydrogen (secondary N) is 2. The molecule has 0 atom stereocenters. The van der Waals surface area contributed by atoms with Crippen LogP contribution in [0.3, 0.4) is 0 Å². The van der Waals surface area contributed by atoms with E-state index in [4.69, 9.17) is 9.47 Å². The van der Waals surface area contributed by atoms with Crippen LogP contribution < -0.4 is 20.1 Å². The van der Waals surface area contributed by atoms with Crippen LogP contribution in [-0.2, 0) is 11.3 Å². The molecule has 0 spiro atoms. The monoisotopic (exact) mass is 328 g/mol. The van der Waals surface area contributed by atoms with E-state index < -0.39 is 0 Å². The summed E-state index contributed by atoms with van der Waals surface area (Å²) in [7, 11) is 3.15. The van der Waals surface area contributed by atoms with E-state index in [9.17, 15) is 9.59 Å². The molecular formula is C18H20N2O4. The Balaban J connectivity index is 2.01. The van der Waals surface area contributed by atoms with E-state index in [1.807, 2.05) is 12.1 Å². The largest absolute Gasteiger partial charge is 0.497 e. The van der Waals surface area contributed by atoms with Gasteiger partial charge in [0.1, 0.15) is 11.5 Å². The van der Waals surface area contributed by atoms with Gasteiger partial charge in [0.05, 0.1) is 14.2 Å². The summed E-state index contributed by atoms with van der Waals surface area (Å²) in [5.74, 6) is 0.974. The highest BCUT2D eigenvalue weighted by Gasteiger charge is 2.07. The summed E-state index contributed by atoms with van der Waals surface area (Å²) in [5.41, 5.74) is 2.03. The van der Waals surface area contributed by atoms with Crippen molar-refractivity contribution in [1.29, 1.82) is 0 Å². The average Bonchev–Trinajstić information content (AvgIpc) is 2.59. The minimum absolute atomic E-state index is 0.154. The van der Waals surface area contributed by atoms with Crippen molar-refractivity contribution in [2.75, 3.05) is 19.5 Å². The summed E-state index contributed by atoms with van der Waals surface area (Å²) >= 11 is 0. The summed E-state index contributed by atoms with van der Waals surface area (Å²) in [5, 5.41) is 5.50. The first-order chi connectivity index (χ1) is 11.5. The van der Waals surface area contributed by atoms with Gasteiger partial charge in [-0.1, -0.05) is 0 Å². The Morgan fingerprint density at radius 1 is 0.958 bits per heavy atom. The third-order valence-corrected chi connectivity index (χ3v) is 3.33. The average molecular weight is 328 g/mol. The number of benzene rings is 2. The van der Waals surface area contributed by atoms with Gasteiger partial charge in [0.25, 0.3) is 5.91 Å². The van der Waals surface area contributed by atoms with Gasteiger partial charge in [0.15, 0.2) is 0 Å². The number of methoxy groups -OCH3 is 2. The van der Waals surface area contributed by atoms with Crippen LogP contribution in [0.5, 0.6) is 11.5 Å². The molecule has 0 saturated heterocycles. The zero-order chi connectivity index (χ0) is 17.5. The normalized spacial score (nSPS) is 9.96. The molecule has 0 aliphatic rings. The molecule has 6 nitrogen and oxygen atoms in total. The zero-order valence-corrected chi connectivity index (χ0v) is 13.9. The number of hydrogen-bond donors (Lipinski definition) is 2. The van der Waals surface area contributed by atoms with Gasteiger partial charge in [-0.15, -0.1) is 0 Å². The Morgan fingerprint density at radius 2 is 1.54 bits per heavy atom. The zero-order valence-electron chi connectivity index (χ0n) is 13.9. The summed E-state index contributed by atoms with van der Waals surface area (Å²) < 4.78 is 10.4. The maximum absolute atomic E-state index is 12.2. The Labute approximate surface area is 140 Å². The van der Waals surface area contributed by atoms with Crippen LogP contribution >= 0.6 is 0 Å². The number of anilines is 1. The van der Waals surface area contributed by atoms with Crippen molar-refractivity contribution in [3.63, 3.8) is 0 Å². The molecule has 0 aromatic heterocycles. The summed E-state index contributed by atoms with van der Waals surface area (Å²) in [6.45, 7) is 1.78. The lowest BCUT2D eigenvalue weighted by molar-refractivity contribution is -0.114. The SMILES string of the molecule is COc1cc(CNC(=O)c2ccc(NC(C)=O)cc2)cc(OC)c1. The molecule has 0 aliphatic heterocycles. The van der Waals surface area contributed by atoms with E-state index in [2.05, 4.69) is 10.6 Å². The Bertz CT molecular complexity index is 704. The summed E-state index contributed by atoms with van der Waals surface area (Å²) in [6, 6.07) is 12.1. The first kappa shape index (κ1) is 17.3. The van der Waals surface area contributed by atoms with Gasteiger partial charge in [0, 0.05) is 30.8 Å². The van der Waals surface area contributed by atoms with Crippen molar-refractivity contribution < 1.29 is 19.1 Å². The third-order valence-electron chi connectivity index (χ3n) is 3.33. The van der Waals surface area contributed by atoms with Crippen LogP contribution in [0, 0.1) is 0 Å². The molecule has 0 radical (unpaired) electrons. The van der Waals surface area contributed by atoms with Crippen molar-refractivity contribution >= 4 is 17.5 Å². The Hall–Kier alpha value is -3.02. The second-order valence-electron chi connectivity index (χ2n) is 5.16. The standard InChI is InChI=1S/C18H20N2O4/c1-12(21)20-15-6-4-14(5-7-15)18(22)19-11-13-8-16(23-2)10-17(9-13)24-3/h4-10H,11H2,1-3H3,(H,19,22)(H,20,21). The smallest absolute Gasteiger partial charge is 0.251 e. The molecule has 2 N–H and O–H groups in total. The molecule has 0 aliphatic carbocycles. The van der Waals surface area contributed by atoms with Crippen molar-refractivity contribution in [3.8, 4) is 11.5 Å². The maximum atomic E-state index is 12.2. The predicted octanol–water partition coefficient (Wildman–Crippen LogP) is 2.59. The topological polar surface area (TPSA) is 76.7 Å². The van der Waals surface area contributed by atoms with Gasteiger partial charge >= 0.3 is 0 Å². The summed E-state index contributed by atoms with van der Waals surface area (Å²) in [6.07, 6.45) is 0. The lowest BCUT2D eigenvalue weighted by atomic mass is 10.1. The van der Waals surface area contributed by atoms with Crippen LogP contribution in [0.25, 0.3) is 0 Å². The summed E-state index contributed by atoms with van der Waals surface area (Å²) in [4.78, 5) is 23.2. The van der Waals surface area contributed by atoms with Crippen molar-refractivity contribution in [2.24, 2.45) is 0 Å². The number of hydrogen-bond acceptors (Lipinski definition) is 4. The van der Waals surface area contributed by atoms with E-state index in [1.54, 1.807) is 44.6 Å². The van der Waals surface area contributed by atoms with E-state index in [-0.39, 0.29) is 11.8 Å². The predicted molar refractivity (Wildman–Crippen MR) is 91.5 cm³/mol. The molecule has 2 aromatic carbocycles. The van der Waals surface area contributed by atoms with Gasteiger partial charge in [0.2, 0.25) is 5.91 Å². The third kappa shape index (κ3) is 4.74. The molecule has 0 fully saturated rings. The van der Waals surface area contributed by atoms with E-state index >= 15 is 0 Å². The first-order valence-electron chi connectivity index (χ1n) is 7.39. The first-order valence-corrected chi connectivity index (χ1v) is 7.39. The van der Waals surface area contributed by atoms with Gasteiger partial charge < -0.3 is 20.1 Å². The Kier molecular flexibility index (Phi) is 5.78. The van der Waals surface area contributed by atoms with Crippen LogP contribution in [0.15, 0.2) is 42.5 Å². The minimum Gasteiger partial charge on any atom is -0.497 e. The van der Waals surface area contributed by atoms with Crippen LogP contribution in [0.2, 0.25) is 0 Å². The fourth-order valence-corrected chi connectivity index (χ4v) is 2.16. The highest BCUT2D eigenvalue weighted by molar-refractivity contribution is 5.95. The number of amides is 2. The van der Waals surface area contributed by atoms with Gasteiger partial charge in [-0.05, 0) is 42.0 Å². The van der Waals surface area contributed by atoms with Crippen molar-refractivity contribution in [1.82, 2.24) is 5.32 Å². The molecule has 126 valence electrons. The number of carbonyl (C=O) groups is 2. The van der Waals surface area contributed by atoms with Crippen molar-refractivity contribution in [2.45, 2.75) is 13.5 Å². The molecule has 6 heteroatoms.